The number of amides is 2. The van der Waals surface area contributed by atoms with Crippen molar-refractivity contribution in [2.45, 2.75) is 13.8 Å². The molecule has 1 aromatic rings. The van der Waals surface area contributed by atoms with Crippen LogP contribution in [0.3, 0.4) is 0 Å². The van der Waals surface area contributed by atoms with Crippen LogP contribution in [0.4, 0.5) is 11.4 Å². The van der Waals surface area contributed by atoms with Gasteiger partial charge in [0.15, 0.2) is 0 Å². The fourth-order valence-corrected chi connectivity index (χ4v) is 1.29. The van der Waals surface area contributed by atoms with Crippen LogP contribution < -0.4 is 10.6 Å². The molecule has 102 valence electrons. The molecule has 3 N–H and O–H groups in total. The summed E-state index contributed by atoms with van der Waals surface area (Å²) in [6.45, 7) is 2.97. The maximum Gasteiger partial charge on any atom is 0.397 e. The third kappa shape index (κ3) is 4.30. The molecule has 0 aromatic heterocycles. The first kappa shape index (κ1) is 14.5. The molecule has 0 saturated heterocycles. The Hall–Kier alpha value is -2.57. The summed E-state index contributed by atoms with van der Waals surface area (Å²) in [4.78, 5) is 33.4. The van der Waals surface area contributed by atoms with Crippen molar-refractivity contribution in [2.75, 3.05) is 17.2 Å². The van der Waals surface area contributed by atoms with Crippen molar-refractivity contribution in [1.29, 1.82) is 0 Å². The molecule has 0 saturated carbocycles. The van der Waals surface area contributed by atoms with Gasteiger partial charge in [-0.1, -0.05) is 0 Å². The van der Waals surface area contributed by atoms with Crippen LogP contribution in [0.25, 0.3) is 0 Å². The minimum absolute atomic E-state index is 0.00398. The van der Waals surface area contributed by atoms with Crippen LogP contribution in [-0.2, 0) is 19.1 Å². The van der Waals surface area contributed by atoms with Crippen molar-refractivity contribution >= 4 is 29.2 Å². The largest absolute Gasteiger partial charge is 0.506 e. The van der Waals surface area contributed by atoms with E-state index in [0.29, 0.717) is 5.69 Å². The molecule has 0 aliphatic carbocycles. The Bertz CT molecular complexity index is 513. The maximum atomic E-state index is 11.4. The molecule has 0 radical (unpaired) electrons. The summed E-state index contributed by atoms with van der Waals surface area (Å²) in [6.07, 6.45) is 0. The molecule has 0 bridgehead atoms. The average molecular weight is 266 g/mol. The molecular formula is C12H14N2O5. The summed E-state index contributed by atoms with van der Waals surface area (Å²) < 4.78 is 4.51. The van der Waals surface area contributed by atoms with Gasteiger partial charge in [-0.25, -0.2) is 4.79 Å². The highest BCUT2D eigenvalue weighted by Gasteiger charge is 2.16. The highest BCUT2D eigenvalue weighted by atomic mass is 16.5. The van der Waals surface area contributed by atoms with E-state index in [2.05, 4.69) is 15.4 Å². The number of rotatable bonds is 3. The van der Waals surface area contributed by atoms with Gasteiger partial charge in [0.1, 0.15) is 5.75 Å². The number of nitrogens with one attached hydrogen (secondary N) is 2. The summed E-state index contributed by atoms with van der Waals surface area (Å²) >= 11 is 0. The third-order valence-corrected chi connectivity index (χ3v) is 2.03. The fourth-order valence-electron chi connectivity index (χ4n) is 1.29. The lowest BCUT2D eigenvalue weighted by Crippen LogP contribution is -2.25. The molecule has 1 rings (SSSR count). The van der Waals surface area contributed by atoms with E-state index in [1.54, 1.807) is 6.92 Å². The number of ether oxygens (including phenoxy) is 1. The first-order valence-electron chi connectivity index (χ1n) is 5.52. The smallest absolute Gasteiger partial charge is 0.397 e. The van der Waals surface area contributed by atoms with E-state index >= 15 is 0 Å². The molecule has 0 atom stereocenters. The number of benzene rings is 1. The zero-order chi connectivity index (χ0) is 14.4. The predicted octanol–water partition coefficient (Wildman–Crippen LogP) is 0.852. The van der Waals surface area contributed by atoms with Crippen molar-refractivity contribution in [3.63, 3.8) is 0 Å². The van der Waals surface area contributed by atoms with Crippen molar-refractivity contribution < 1.29 is 24.2 Å². The number of carbonyl (C=O) groups excluding carboxylic acids is 3. The zero-order valence-electron chi connectivity index (χ0n) is 10.5. The second kappa shape index (κ2) is 6.39. The van der Waals surface area contributed by atoms with Gasteiger partial charge in [0.2, 0.25) is 5.91 Å². The molecule has 0 heterocycles. The number of esters is 1. The van der Waals surface area contributed by atoms with Gasteiger partial charge in [0.25, 0.3) is 0 Å². The Balaban J connectivity index is 2.85. The lowest BCUT2D eigenvalue weighted by Gasteiger charge is -2.09. The number of hydrogen-bond donors (Lipinski definition) is 3. The van der Waals surface area contributed by atoms with Crippen molar-refractivity contribution in [1.82, 2.24) is 0 Å². The highest BCUT2D eigenvalue weighted by Crippen LogP contribution is 2.26. The molecule has 0 aliphatic heterocycles. The van der Waals surface area contributed by atoms with E-state index in [0.717, 1.165) is 0 Å². The lowest BCUT2D eigenvalue weighted by molar-refractivity contribution is -0.152. The third-order valence-electron chi connectivity index (χ3n) is 2.03. The second-order valence-electron chi connectivity index (χ2n) is 3.59. The van der Waals surface area contributed by atoms with E-state index in [1.807, 2.05) is 0 Å². The van der Waals surface area contributed by atoms with Crippen LogP contribution in [0.2, 0.25) is 0 Å². The molecule has 0 aliphatic rings. The topological polar surface area (TPSA) is 105 Å². The zero-order valence-corrected chi connectivity index (χ0v) is 10.5. The summed E-state index contributed by atoms with van der Waals surface area (Å²) in [7, 11) is 0. The Morgan fingerprint density at radius 2 is 1.95 bits per heavy atom. The number of carbonyl (C=O) groups is 3. The highest BCUT2D eigenvalue weighted by molar-refractivity contribution is 6.37. The summed E-state index contributed by atoms with van der Waals surface area (Å²) in [5.41, 5.74) is 0.383. The van der Waals surface area contributed by atoms with Crippen LogP contribution in [-0.4, -0.2) is 29.5 Å². The van der Waals surface area contributed by atoms with E-state index in [1.165, 1.54) is 25.1 Å². The van der Waals surface area contributed by atoms with E-state index in [9.17, 15) is 19.5 Å². The van der Waals surface area contributed by atoms with Crippen LogP contribution in [0.15, 0.2) is 18.2 Å². The minimum atomic E-state index is -1.05. The van der Waals surface area contributed by atoms with Crippen LogP contribution in [0.5, 0.6) is 5.75 Å². The number of anilines is 2. The molecule has 7 heteroatoms. The minimum Gasteiger partial charge on any atom is -0.506 e. The van der Waals surface area contributed by atoms with Crippen molar-refractivity contribution in [3.05, 3.63) is 18.2 Å². The van der Waals surface area contributed by atoms with Gasteiger partial charge >= 0.3 is 11.9 Å². The fraction of sp³-hybridized carbons (Fsp3) is 0.250. The molecular weight excluding hydrogens is 252 g/mol. The summed E-state index contributed by atoms with van der Waals surface area (Å²) in [5, 5.41) is 14.2. The molecule has 0 spiro atoms. The monoisotopic (exact) mass is 266 g/mol. The molecule has 0 fully saturated rings. The van der Waals surface area contributed by atoms with Gasteiger partial charge in [-0.05, 0) is 25.1 Å². The van der Waals surface area contributed by atoms with Gasteiger partial charge in [0, 0.05) is 12.6 Å². The lowest BCUT2D eigenvalue weighted by atomic mass is 10.2. The van der Waals surface area contributed by atoms with Gasteiger partial charge in [-0.3, -0.25) is 9.59 Å². The van der Waals surface area contributed by atoms with E-state index < -0.39 is 11.9 Å². The first-order valence-corrected chi connectivity index (χ1v) is 5.52. The number of phenolic OH excluding ortho intramolecular Hbond substituents is 1. The van der Waals surface area contributed by atoms with Crippen LogP contribution in [0.1, 0.15) is 13.8 Å². The van der Waals surface area contributed by atoms with Crippen molar-refractivity contribution in [2.24, 2.45) is 0 Å². The average Bonchev–Trinajstić information content (AvgIpc) is 2.33. The summed E-state index contributed by atoms with van der Waals surface area (Å²) in [5.74, 6) is -2.58. The van der Waals surface area contributed by atoms with Gasteiger partial charge in [-0.15, -0.1) is 0 Å². The van der Waals surface area contributed by atoms with Gasteiger partial charge in [0.05, 0.1) is 12.3 Å². The van der Waals surface area contributed by atoms with Gasteiger partial charge in [-0.2, -0.15) is 0 Å². The second-order valence-corrected chi connectivity index (χ2v) is 3.59. The Morgan fingerprint density at radius 1 is 1.26 bits per heavy atom. The first-order chi connectivity index (χ1) is 8.93. The molecule has 0 unspecified atom stereocenters. The normalized spacial score (nSPS) is 9.58. The van der Waals surface area contributed by atoms with Crippen LogP contribution >= 0.6 is 0 Å². The number of aromatic hydroxyl groups is 1. The number of hydrogen-bond acceptors (Lipinski definition) is 5. The summed E-state index contributed by atoms with van der Waals surface area (Å²) in [6, 6.07) is 4.07. The Kier molecular flexibility index (Phi) is 4.87. The molecule has 2 amide bonds. The molecule has 19 heavy (non-hydrogen) atoms. The molecule has 7 nitrogen and oxygen atoms in total. The number of phenols is 1. The quantitative estimate of drug-likeness (QED) is 0.325. The Labute approximate surface area is 109 Å². The Morgan fingerprint density at radius 3 is 2.53 bits per heavy atom. The van der Waals surface area contributed by atoms with Crippen LogP contribution in [0, 0.1) is 0 Å². The van der Waals surface area contributed by atoms with E-state index in [-0.39, 0.29) is 24.0 Å². The SMILES string of the molecule is CCOC(=O)C(=O)Nc1cc(NC(C)=O)ccc1O. The molecule has 1 aromatic carbocycles. The van der Waals surface area contributed by atoms with E-state index in [4.69, 9.17) is 0 Å². The van der Waals surface area contributed by atoms with Gasteiger partial charge < -0.3 is 20.5 Å². The standard InChI is InChI=1S/C12H14N2O5/c1-3-19-12(18)11(17)14-9-6-8(13-7(2)15)4-5-10(9)16/h4-6,16H,3H2,1-2H3,(H,13,15)(H,14,17). The predicted molar refractivity (Wildman–Crippen MR) is 67.7 cm³/mol. The maximum absolute atomic E-state index is 11.4. The van der Waals surface area contributed by atoms with Crippen molar-refractivity contribution in [3.8, 4) is 5.75 Å².